The van der Waals surface area contributed by atoms with E-state index in [1.807, 2.05) is 36.6 Å². The Bertz CT molecular complexity index is 868. The van der Waals surface area contributed by atoms with Gasteiger partial charge in [0, 0.05) is 17.0 Å². The van der Waals surface area contributed by atoms with Gasteiger partial charge in [-0.3, -0.25) is 4.79 Å². The van der Waals surface area contributed by atoms with Gasteiger partial charge >= 0.3 is 5.97 Å². The van der Waals surface area contributed by atoms with E-state index in [4.69, 9.17) is 14.2 Å². The summed E-state index contributed by atoms with van der Waals surface area (Å²) in [5.74, 6) is 0.703. The number of ether oxygens (including phenoxy) is 3. The third-order valence-electron chi connectivity index (χ3n) is 5.02. The van der Waals surface area contributed by atoms with Gasteiger partial charge in [0.25, 0.3) is 5.91 Å². The summed E-state index contributed by atoms with van der Waals surface area (Å²) in [5, 5.41) is 0. The highest BCUT2D eigenvalue weighted by molar-refractivity contribution is 7.98. The number of rotatable bonds is 7. The van der Waals surface area contributed by atoms with Gasteiger partial charge in [-0.1, -0.05) is 0 Å². The minimum Gasteiger partial charge on any atom is -0.497 e. The van der Waals surface area contributed by atoms with Crippen LogP contribution in [0.5, 0.6) is 11.5 Å². The SMILES string of the molecule is COc1ccc(OC)c([C@H]2CCCN2C(=O)COC(=O)c2ccc(SC)cc2)c1. The average molecular weight is 416 g/mol. The van der Waals surface area contributed by atoms with Crippen molar-refractivity contribution in [3.05, 3.63) is 53.6 Å². The maximum atomic E-state index is 12.8. The molecule has 0 bridgehead atoms. The molecule has 1 heterocycles. The molecule has 0 aliphatic carbocycles. The molecule has 0 N–H and O–H groups in total. The van der Waals surface area contributed by atoms with Crippen molar-refractivity contribution in [1.82, 2.24) is 4.90 Å². The number of nitrogens with zero attached hydrogens (tertiary/aromatic N) is 1. The van der Waals surface area contributed by atoms with Crippen LogP contribution in [0.2, 0.25) is 0 Å². The molecule has 3 rings (SSSR count). The van der Waals surface area contributed by atoms with Crippen molar-refractivity contribution in [2.24, 2.45) is 0 Å². The molecule has 2 aromatic rings. The molecule has 6 nitrogen and oxygen atoms in total. The molecule has 0 spiro atoms. The fourth-order valence-corrected chi connectivity index (χ4v) is 3.92. The number of thioether (sulfide) groups is 1. The van der Waals surface area contributed by atoms with E-state index in [0.29, 0.717) is 23.6 Å². The summed E-state index contributed by atoms with van der Waals surface area (Å²) >= 11 is 1.60. The Morgan fingerprint density at radius 3 is 2.52 bits per heavy atom. The number of benzene rings is 2. The van der Waals surface area contributed by atoms with Gasteiger partial charge in [-0.25, -0.2) is 4.79 Å². The first-order chi connectivity index (χ1) is 14.1. The summed E-state index contributed by atoms with van der Waals surface area (Å²) in [4.78, 5) is 27.9. The number of likely N-dealkylation sites (tertiary alicyclic amines) is 1. The van der Waals surface area contributed by atoms with Crippen molar-refractivity contribution in [3.63, 3.8) is 0 Å². The Kier molecular flexibility index (Phi) is 7.04. The molecule has 0 aromatic heterocycles. The molecule has 1 atom stereocenters. The Labute approximate surface area is 175 Å². The van der Waals surface area contributed by atoms with E-state index in [-0.39, 0.29) is 18.6 Å². The Morgan fingerprint density at radius 1 is 1.10 bits per heavy atom. The maximum Gasteiger partial charge on any atom is 0.338 e. The molecule has 0 radical (unpaired) electrons. The van der Waals surface area contributed by atoms with Gasteiger partial charge in [0.2, 0.25) is 0 Å². The van der Waals surface area contributed by atoms with Gasteiger partial charge in [-0.2, -0.15) is 0 Å². The second kappa shape index (κ2) is 9.69. The number of carbonyl (C=O) groups excluding carboxylic acids is 2. The van der Waals surface area contributed by atoms with Crippen LogP contribution >= 0.6 is 11.8 Å². The van der Waals surface area contributed by atoms with Crippen molar-refractivity contribution in [1.29, 1.82) is 0 Å². The minimum absolute atomic E-state index is 0.132. The van der Waals surface area contributed by atoms with E-state index in [2.05, 4.69) is 0 Å². The first-order valence-electron chi connectivity index (χ1n) is 9.40. The predicted octanol–water partition coefficient (Wildman–Crippen LogP) is 3.95. The molecule has 1 aliphatic heterocycles. The van der Waals surface area contributed by atoms with E-state index in [9.17, 15) is 9.59 Å². The highest BCUT2D eigenvalue weighted by atomic mass is 32.2. The van der Waals surface area contributed by atoms with Crippen LogP contribution < -0.4 is 9.47 Å². The van der Waals surface area contributed by atoms with Gasteiger partial charge < -0.3 is 19.1 Å². The molecule has 154 valence electrons. The number of hydrogen-bond acceptors (Lipinski definition) is 6. The highest BCUT2D eigenvalue weighted by Gasteiger charge is 2.32. The van der Waals surface area contributed by atoms with Gasteiger partial charge in [0.1, 0.15) is 11.5 Å². The second-order valence-corrected chi connectivity index (χ2v) is 7.54. The predicted molar refractivity (Wildman–Crippen MR) is 112 cm³/mol. The highest BCUT2D eigenvalue weighted by Crippen LogP contribution is 2.38. The van der Waals surface area contributed by atoms with Crippen LogP contribution in [-0.4, -0.2) is 50.4 Å². The molecule has 0 saturated carbocycles. The molecule has 2 aromatic carbocycles. The third kappa shape index (κ3) is 4.85. The van der Waals surface area contributed by atoms with Gasteiger partial charge in [-0.05, 0) is 61.6 Å². The van der Waals surface area contributed by atoms with Gasteiger partial charge in [0.05, 0.1) is 25.8 Å². The lowest BCUT2D eigenvalue weighted by molar-refractivity contribution is -0.135. The number of esters is 1. The van der Waals surface area contributed by atoms with Crippen LogP contribution in [0, 0.1) is 0 Å². The Morgan fingerprint density at radius 2 is 1.86 bits per heavy atom. The van der Waals surface area contributed by atoms with Crippen LogP contribution in [0.1, 0.15) is 34.8 Å². The van der Waals surface area contributed by atoms with E-state index in [0.717, 1.165) is 23.3 Å². The zero-order chi connectivity index (χ0) is 20.8. The van der Waals surface area contributed by atoms with E-state index >= 15 is 0 Å². The molecule has 1 fully saturated rings. The van der Waals surface area contributed by atoms with Gasteiger partial charge in [0.15, 0.2) is 6.61 Å². The van der Waals surface area contributed by atoms with E-state index in [1.165, 1.54) is 0 Å². The van der Waals surface area contributed by atoms with Crippen molar-refractivity contribution < 1.29 is 23.8 Å². The first kappa shape index (κ1) is 21.0. The summed E-state index contributed by atoms with van der Waals surface area (Å²) in [6.45, 7) is 0.329. The maximum absolute atomic E-state index is 12.8. The molecule has 1 amide bonds. The summed E-state index contributed by atoms with van der Waals surface area (Å²) in [6.07, 6.45) is 3.66. The smallest absolute Gasteiger partial charge is 0.338 e. The number of hydrogen-bond donors (Lipinski definition) is 0. The normalized spacial score (nSPS) is 15.8. The summed E-state index contributed by atoms with van der Waals surface area (Å²) in [5.41, 5.74) is 1.33. The lowest BCUT2D eigenvalue weighted by Gasteiger charge is -2.26. The van der Waals surface area contributed by atoms with Crippen molar-refractivity contribution in [2.45, 2.75) is 23.8 Å². The number of amides is 1. The Hall–Kier alpha value is -2.67. The monoisotopic (exact) mass is 415 g/mol. The fraction of sp³-hybridized carbons (Fsp3) is 0.364. The van der Waals surface area contributed by atoms with Gasteiger partial charge in [-0.15, -0.1) is 11.8 Å². The van der Waals surface area contributed by atoms with Crippen LogP contribution in [0.25, 0.3) is 0 Å². The Balaban J connectivity index is 1.68. The second-order valence-electron chi connectivity index (χ2n) is 6.66. The molecule has 0 unspecified atom stereocenters. The molecule has 1 aliphatic rings. The standard InChI is InChI=1S/C22H25NO5S/c1-26-16-8-11-20(27-2)18(13-16)19-5-4-12-23(19)21(24)14-28-22(25)15-6-9-17(29-3)10-7-15/h6-11,13,19H,4-5,12,14H2,1-3H3/t19-/m1/s1. The molecule has 1 saturated heterocycles. The zero-order valence-corrected chi connectivity index (χ0v) is 17.7. The van der Waals surface area contributed by atoms with Crippen LogP contribution in [0.4, 0.5) is 0 Å². The first-order valence-corrected chi connectivity index (χ1v) is 10.6. The van der Waals surface area contributed by atoms with Crippen molar-refractivity contribution in [3.8, 4) is 11.5 Å². The zero-order valence-electron chi connectivity index (χ0n) is 16.8. The summed E-state index contributed by atoms with van der Waals surface area (Å²) in [7, 11) is 3.21. The quantitative estimate of drug-likeness (QED) is 0.504. The van der Waals surface area contributed by atoms with E-state index < -0.39 is 5.97 Å². The topological polar surface area (TPSA) is 65.1 Å². The largest absolute Gasteiger partial charge is 0.497 e. The lowest BCUT2D eigenvalue weighted by Crippen LogP contribution is -2.34. The molecular formula is C22H25NO5S. The number of carbonyl (C=O) groups is 2. The van der Waals surface area contributed by atoms with Crippen molar-refractivity contribution in [2.75, 3.05) is 33.6 Å². The minimum atomic E-state index is -0.499. The molecular weight excluding hydrogens is 390 g/mol. The fourth-order valence-electron chi connectivity index (χ4n) is 3.51. The van der Waals surface area contributed by atoms with Crippen LogP contribution in [0.3, 0.4) is 0 Å². The average Bonchev–Trinajstić information content (AvgIpc) is 3.26. The van der Waals surface area contributed by atoms with Crippen molar-refractivity contribution >= 4 is 23.6 Å². The summed E-state index contributed by atoms with van der Waals surface area (Å²) in [6, 6.07) is 12.6. The van der Waals surface area contributed by atoms with Crippen LogP contribution in [-0.2, 0) is 9.53 Å². The lowest BCUT2D eigenvalue weighted by atomic mass is 10.0. The molecule has 29 heavy (non-hydrogen) atoms. The third-order valence-corrected chi connectivity index (χ3v) is 5.77. The number of methoxy groups -OCH3 is 2. The molecule has 7 heteroatoms. The summed E-state index contributed by atoms with van der Waals surface area (Å²) < 4.78 is 16.1. The van der Waals surface area contributed by atoms with E-state index in [1.54, 1.807) is 43.0 Å². The van der Waals surface area contributed by atoms with Crippen LogP contribution in [0.15, 0.2) is 47.4 Å².